The number of carbonyl (C=O) groups excluding carboxylic acids is 3. The van der Waals surface area contributed by atoms with Gasteiger partial charge in [0, 0.05) is 40.9 Å². The summed E-state index contributed by atoms with van der Waals surface area (Å²) in [6.07, 6.45) is 2.38. The first-order chi connectivity index (χ1) is 17.0. The zero-order valence-corrected chi connectivity index (χ0v) is 21.6. The summed E-state index contributed by atoms with van der Waals surface area (Å²) in [5.74, 6) is 0.489. The van der Waals surface area contributed by atoms with Crippen molar-refractivity contribution in [2.24, 2.45) is 10.8 Å². The number of dihydropyridines is 1. The largest absolute Gasteiger partial charge is 0.462 e. The van der Waals surface area contributed by atoms with Crippen molar-refractivity contribution in [3.63, 3.8) is 0 Å². The highest BCUT2D eigenvalue weighted by Gasteiger charge is 2.47. The first kappa shape index (κ1) is 24.3. The van der Waals surface area contributed by atoms with E-state index in [0.29, 0.717) is 47.7 Å². The Hall–Kier alpha value is -3.41. The first-order valence-electron chi connectivity index (χ1n) is 12.6. The molecule has 2 aromatic rings. The van der Waals surface area contributed by atoms with Crippen LogP contribution < -0.4 is 5.32 Å². The molecule has 188 valence electrons. The second kappa shape index (κ2) is 8.61. The number of allylic oxidation sites excluding steroid dienone is 4. The van der Waals surface area contributed by atoms with E-state index in [2.05, 4.69) is 33.0 Å². The summed E-state index contributed by atoms with van der Waals surface area (Å²) < 4.78 is 11.4. The van der Waals surface area contributed by atoms with Crippen LogP contribution in [0.3, 0.4) is 0 Å². The van der Waals surface area contributed by atoms with Gasteiger partial charge in [-0.25, -0.2) is 4.79 Å². The molecule has 0 saturated heterocycles. The fourth-order valence-corrected chi connectivity index (χ4v) is 5.82. The standard InChI is InChI=1S/C30H33NO5/c1-6-35-28(34)18-9-7-17(8-10-18)23-11-12-24(36-23)27-25-19(13-29(2,3)15-21(25)32)31-20-14-30(4,5)16-22(33)26(20)27/h7-12,27,31H,6,13-16H2,1-5H3. The minimum atomic E-state index is -0.504. The lowest BCUT2D eigenvalue weighted by Gasteiger charge is -2.43. The Balaban J connectivity index is 1.56. The summed E-state index contributed by atoms with van der Waals surface area (Å²) in [4.78, 5) is 38.9. The molecule has 1 aliphatic heterocycles. The van der Waals surface area contributed by atoms with E-state index in [1.54, 1.807) is 19.1 Å². The van der Waals surface area contributed by atoms with Gasteiger partial charge in [0.1, 0.15) is 11.5 Å². The van der Waals surface area contributed by atoms with Gasteiger partial charge in [0.25, 0.3) is 0 Å². The Morgan fingerprint density at radius 1 is 0.889 bits per heavy atom. The molecule has 2 aliphatic carbocycles. The molecule has 3 aliphatic rings. The molecule has 0 amide bonds. The van der Waals surface area contributed by atoms with Gasteiger partial charge in [0.05, 0.1) is 18.1 Å². The van der Waals surface area contributed by atoms with Crippen molar-refractivity contribution in [3.8, 4) is 11.3 Å². The van der Waals surface area contributed by atoms with E-state index in [1.165, 1.54) is 0 Å². The highest BCUT2D eigenvalue weighted by molar-refractivity contribution is 6.06. The third-order valence-electron chi connectivity index (χ3n) is 7.31. The van der Waals surface area contributed by atoms with Crippen molar-refractivity contribution < 1.29 is 23.5 Å². The maximum atomic E-state index is 13.5. The number of Topliss-reactive ketones (excluding diaryl/α,β-unsaturated/α-hetero) is 2. The van der Waals surface area contributed by atoms with E-state index in [4.69, 9.17) is 9.15 Å². The van der Waals surface area contributed by atoms with Gasteiger partial charge >= 0.3 is 5.97 Å². The van der Waals surface area contributed by atoms with Crippen molar-refractivity contribution in [1.82, 2.24) is 5.32 Å². The zero-order valence-electron chi connectivity index (χ0n) is 21.6. The minimum Gasteiger partial charge on any atom is -0.462 e. The predicted octanol–water partition coefficient (Wildman–Crippen LogP) is 6.10. The van der Waals surface area contributed by atoms with E-state index < -0.39 is 5.92 Å². The van der Waals surface area contributed by atoms with E-state index in [9.17, 15) is 14.4 Å². The topological polar surface area (TPSA) is 85.6 Å². The number of hydrogen-bond donors (Lipinski definition) is 1. The SMILES string of the molecule is CCOC(=O)c1ccc(-c2ccc(C3C4=C(CC(C)(C)CC4=O)NC4=C3C(=O)CC(C)(C)C4)o2)cc1. The van der Waals surface area contributed by atoms with Crippen LogP contribution in [0.15, 0.2) is 63.4 Å². The Morgan fingerprint density at radius 2 is 1.44 bits per heavy atom. The number of nitrogens with one attached hydrogen (secondary N) is 1. The molecule has 5 rings (SSSR count). The summed E-state index contributed by atoms with van der Waals surface area (Å²) in [5.41, 5.74) is 4.16. The first-order valence-corrected chi connectivity index (χ1v) is 12.6. The lowest BCUT2D eigenvalue weighted by molar-refractivity contribution is -0.119. The van der Waals surface area contributed by atoms with Gasteiger partial charge in [-0.05, 0) is 54.9 Å². The molecular formula is C30H33NO5. The number of benzene rings is 1. The molecule has 6 nitrogen and oxygen atoms in total. The number of ketones is 2. The summed E-state index contributed by atoms with van der Waals surface area (Å²) in [6.45, 7) is 10.5. The van der Waals surface area contributed by atoms with Crippen LogP contribution in [0, 0.1) is 10.8 Å². The number of rotatable bonds is 4. The smallest absolute Gasteiger partial charge is 0.338 e. The van der Waals surface area contributed by atoms with Crippen LogP contribution in [0.5, 0.6) is 0 Å². The number of esters is 1. The third kappa shape index (κ3) is 4.34. The average molecular weight is 488 g/mol. The summed E-state index contributed by atoms with van der Waals surface area (Å²) in [5, 5.41) is 3.53. The molecule has 36 heavy (non-hydrogen) atoms. The Kier molecular flexibility index (Phi) is 5.81. The summed E-state index contributed by atoms with van der Waals surface area (Å²) >= 11 is 0. The lowest BCUT2D eigenvalue weighted by Crippen LogP contribution is -2.42. The second-order valence-corrected chi connectivity index (χ2v) is 11.7. The monoisotopic (exact) mass is 487 g/mol. The molecule has 1 N–H and O–H groups in total. The van der Waals surface area contributed by atoms with Gasteiger partial charge in [0.15, 0.2) is 11.6 Å². The molecule has 0 atom stereocenters. The molecule has 0 spiro atoms. The van der Waals surface area contributed by atoms with Crippen LogP contribution >= 0.6 is 0 Å². The van der Waals surface area contributed by atoms with E-state index in [0.717, 1.165) is 29.8 Å². The maximum Gasteiger partial charge on any atom is 0.338 e. The van der Waals surface area contributed by atoms with Gasteiger partial charge in [-0.2, -0.15) is 0 Å². The van der Waals surface area contributed by atoms with E-state index in [-0.39, 0.29) is 28.4 Å². The fraction of sp³-hybridized carbons (Fsp3) is 0.433. The van der Waals surface area contributed by atoms with Crippen molar-refractivity contribution >= 4 is 17.5 Å². The molecule has 0 unspecified atom stereocenters. The Morgan fingerprint density at radius 3 is 1.97 bits per heavy atom. The minimum absolute atomic E-state index is 0.0691. The maximum absolute atomic E-state index is 13.5. The van der Waals surface area contributed by atoms with Crippen molar-refractivity contribution in [3.05, 3.63) is 70.3 Å². The van der Waals surface area contributed by atoms with Gasteiger partial charge in [-0.3, -0.25) is 9.59 Å². The van der Waals surface area contributed by atoms with Crippen LogP contribution in [0.4, 0.5) is 0 Å². The summed E-state index contributed by atoms with van der Waals surface area (Å²) in [6, 6.07) is 10.8. The predicted molar refractivity (Wildman–Crippen MR) is 136 cm³/mol. The molecule has 0 radical (unpaired) electrons. The average Bonchev–Trinajstić information content (AvgIpc) is 3.26. The van der Waals surface area contributed by atoms with Crippen LogP contribution in [-0.4, -0.2) is 24.1 Å². The van der Waals surface area contributed by atoms with Crippen LogP contribution in [-0.2, 0) is 14.3 Å². The number of hydrogen-bond acceptors (Lipinski definition) is 6. The third-order valence-corrected chi connectivity index (χ3v) is 7.31. The molecule has 6 heteroatoms. The van der Waals surface area contributed by atoms with Crippen LogP contribution in [0.25, 0.3) is 11.3 Å². The van der Waals surface area contributed by atoms with Gasteiger partial charge in [0.2, 0.25) is 0 Å². The van der Waals surface area contributed by atoms with Crippen molar-refractivity contribution in [1.29, 1.82) is 0 Å². The highest BCUT2D eigenvalue weighted by atomic mass is 16.5. The molecule has 2 heterocycles. The molecule has 0 saturated carbocycles. The lowest BCUT2D eigenvalue weighted by atomic mass is 9.65. The van der Waals surface area contributed by atoms with Crippen LogP contribution in [0.1, 0.15) is 82.3 Å². The Bertz CT molecular complexity index is 1270. The van der Waals surface area contributed by atoms with Gasteiger partial charge in [-0.15, -0.1) is 0 Å². The van der Waals surface area contributed by atoms with Gasteiger partial charge in [-0.1, -0.05) is 39.8 Å². The van der Waals surface area contributed by atoms with E-state index in [1.807, 2.05) is 24.3 Å². The summed E-state index contributed by atoms with van der Waals surface area (Å²) in [7, 11) is 0. The molecule has 1 aromatic carbocycles. The van der Waals surface area contributed by atoms with Crippen molar-refractivity contribution in [2.75, 3.05) is 6.61 Å². The fourth-order valence-electron chi connectivity index (χ4n) is 5.82. The normalized spacial score (nSPS) is 21.1. The molecule has 0 fully saturated rings. The number of ether oxygens (including phenoxy) is 1. The zero-order chi connectivity index (χ0) is 25.8. The number of carbonyl (C=O) groups is 3. The van der Waals surface area contributed by atoms with Crippen molar-refractivity contribution in [2.45, 2.75) is 66.2 Å². The molecule has 0 bridgehead atoms. The number of furan rings is 1. The second-order valence-electron chi connectivity index (χ2n) is 11.7. The Labute approximate surface area is 211 Å². The van der Waals surface area contributed by atoms with Crippen LogP contribution in [0.2, 0.25) is 0 Å². The van der Waals surface area contributed by atoms with Gasteiger partial charge < -0.3 is 14.5 Å². The molecule has 1 aromatic heterocycles. The van der Waals surface area contributed by atoms with E-state index >= 15 is 0 Å². The quantitative estimate of drug-likeness (QED) is 0.525. The molecular weight excluding hydrogens is 454 g/mol. The highest BCUT2D eigenvalue weighted by Crippen LogP contribution is 2.51.